The Bertz CT molecular complexity index is 391. The lowest BCUT2D eigenvalue weighted by molar-refractivity contribution is -0.128. The number of rotatable bonds is 5. The Hall–Kier alpha value is -1.35. The summed E-state index contributed by atoms with van der Waals surface area (Å²) in [7, 11) is 1.90. The average molecular weight is 246 g/mol. The van der Waals surface area contributed by atoms with Gasteiger partial charge in [0.1, 0.15) is 0 Å². The Labute approximate surface area is 109 Å². The molecule has 0 saturated carbocycles. The van der Waals surface area contributed by atoms with Gasteiger partial charge < -0.3 is 4.90 Å². The average Bonchev–Trinajstić information content (AvgIpc) is 2.66. The molecule has 98 valence electrons. The third kappa shape index (κ3) is 2.91. The maximum absolute atomic E-state index is 12.1. The van der Waals surface area contributed by atoms with Gasteiger partial charge in [-0.05, 0) is 24.8 Å². The van der Waals surface area contributed by atoms with Crippen molar-refractivity contribution in [2.45, 2.75) is 44.8 Å². The van der Waals surface area contributed by atoms with Crippen molar-refractivity contribution in [3.05, 3.63) is 35.9 Å². The predicted molar refractivity (Wildman–Crippen MR) is 73.2 cm³/mol. The molecule has 0 spiro atoms. The van der Waals surface area contributed by atoms with Crippen LogP contribution in [0.25, 0.3) is 0 Å². The largest absolute Gasteiger partial charge is 0.329 e. The Kier molecular flexibility index (Phi) is 4.37. The molecule has 3 nitrogen and oxygen atoms in total. The number of amides is 1. The Morgan fingerprint density at radius 3 is 2.61 bits per heavy atom. The molecule has 1 N–H and O–H groups in total. The van der Waals surface area contributed by atoms with Crippen LogP contribution in [0.5, 0.6) is 0 Å². The van der Waals surface area contributed by atoms with Crippen LogP contribution >= 0.6 is 0 Å². The second kappa shape index (κ2) is 6.01. The molecule has 0 aromatic heterocycles. The number of hydrogen-bond donors (Lipinski definition) is 1. The number of likely N-dealkylation sites (N-methyl/N-ethyl adjacent to an activating group) is 1. The molecule has 1 aliphatic heterocycles. The van der Waals surface area contributed by atoms with Gasteiger partial charge in [0.2, 0.25) is 5.91 Å². The fraction of sp³-hybridized carbons (Fsp3) is 0.533. The summed E-state index contributed by atoms with van der Waals surface area (Å²) in [6.45, 7) is 2.15. The molecule has 1 heterocycles. The van der Waals surface area contributed by atoms with Crippen LogP contribution in [0.15, 0.2) is 30.3 Å². The van der Waals surface area contributed by atoms with Gasteiger partial charge in [0.05, 0.1) is 12.2 Å². The summed E-state index contributed by atoms with van der Waals surface area (Å²) in [5.74, 6) is 0.240. The Morgan fingerprint density at radius 2 is 1.94 bits per heavy atom. The third-order valence-corrected chi connectivity index (χ3v) is 3.63. The highest BCUT2D eigenvalue weighted by Crippen LogP contribution is 2.16. The molecule has 1 aromatic rings. The van der Waals surface area contributed by atoms with Gasteiger partial charge in [-0.1, -0.05) is 43.7 Å². The molecular weight excluding hydrogens is 224 g/mol. The van der Waals surface area contributed by atoms with Gasteiger partial charge in [0.15, 0.2) is 0 Å². The summed E-state index contributed by atoms with van der Waals surface area (Å²) < 4.78 is 0. The molecule has 1 amide bonds. The van der Waals surface area contributed by atoms with Gasteiger partial charge >= 0.3 is 0 Å². The van der Waals surface area contributed by atoms with Gasteiger partial charge in [0.25, 0.3) is 0 Å². The third-order valence-electron chi connectivity index (χ3n) is 3.63. The number of nitrogens with zero attached hydrogens (tertiary/aromatic N) is 1. The van der Waals surface area contributed by atoms with Crippen molar-refractivity contribution in [3.63, 3.8) is 0 Å². The van der Waals surface area contributed by atoms with E-state index in [1.807, 2.05) is 30.1 Å². The van der Waals surface area contributed by atoms with Crippen LogP contribution in [0.2, 0.25) is 0 Å². The van der Waals surface area contributed by atoms with Crippen LogP contribution in [0.3, 0.4) is 0 Å². The molecule has 2 rings (SSSR count). The second-order valence-corrected chi connectivity index (χ2v) is 5.00. The fourth-order valence-electron chi connectivity index (χ4n) is 2.53. The molecule has 0 bridgehead atoms. The lowest BCUT2D eigenvalue weighted by atomic mass is 10.1. The summed E-state index contributed by atoms with van der Waals surface area (Å²) in [4.78, 5) is 13.9. The minimum atomic E-state index is -0.00763. The monoisotopic (exact) mass is 246 g/mol. The van der Waals surface area contributed by atoms with E-state index in [0.717, 1.165) is 25.7 Å². The molecule has 0 aliphatic carbocycles. The first kappa shape index (κ1) is 13.1. The highest BCUT2D eigenvalue weighted by molar-refractivity contribution is 5.84. The van der Waals surface area contributed by atoms with Crippen molar-refractivity contribution in [3.8, 4) is 0 Å². The highest BCUT2D eigenvalue weighted by Gasteiger charge is 2.35. The quantitative estimate of drug-likeness (QED) is 0.863. The normalized spacial score (nSPS) is 23.7. The zero-order valence-electron chi connectivity index (χ0n) is 11.2. The number of hydrogen-bond acceptors (Lipinski definition) is 2. The number of carbonyl (C=O) groups is 1. The molecule has 3 heteroatoms. The summed E-state index contributed by atoms with van der Waals surface area (Å²) >= 11 is 0. The standard InChI is InChI=1S/C15H22N2O/c1-3-7-14-16-13(15(18)17(14)2)11-10-12-8-5-4-6-9-12/h4-6,8-9,13-14,16H,3,7,10-11H2,1-2H3. The summed E-state index contributed by atoms with van der Waals surface area (Å²) in [5.41, 5.74) is 1.30. The van der Waals surface area contributed by atoms with Crippen LogP contribution in [0.1, 0.15) is 31.7 Å². The summed E-state index contributed by atoms with van der Waals surface area (Å²) in [6.07, 6.45) is 4.19. The molecule has 18 heavy (non-hydrogen) atoms. The minimum absolute atomic E-state index is 0.00763. The van der Waals surface area contributed by atoms with E-state index in [4.69, 9.17) is 0 Å². The van der Waals surface area contributed by atoms with E-state index in [0.29, 0.717) is 0 Å². The molecule has 1 aromatic carbocycles. The Morgan fingerprint density at radius 1 is 1.22 bits per heavy atom. The van der Waals surface area contributed by atoms with Crippen LogP contribution in [0.4, 0.5) is 0 Å². The van der Waals surface area contributed by atoms with E-state index in [9.17, 15) is 4.79 Å². The lowest BCUT2D eigenvalue weighted by Crippen LogP contribution is -2.34. The number of aryl methyl sites for hydroxylation is 1. The van der Waals surface area contributed by atoms with E-state index >= 15 is 0 Å². The van der Waals surface area contributed by atoms with E-state index in [2.05, 4.69) is 24.4 Å². The SMILES string of the molecule is CCCC1NC(CCc2ccccc2)C(=O)N1C. The van der Waals surface area contributed by atoms with Crippen molar-refractivity contribution in [1.29, 1.82) is 0 Å². The predicted octanol–water partition coefficient (Wildman–Crippen LogP) is 2.18. The maximum atomic E-state index is 12.1. The molecule has 1 saturated heterocycles. The maximum Gasteiger partial charge on any atom is 0.240 e. The van der Waals surface area contributed by atoms with Crippen molar-refractivity contribution in [2.24, 2.45) is 0 Å². The number of carbonyl (C=O) groups excluding carboxylic acids is 1. The fourth-order valence-corrected chi connectivity index (χ4v) is 2.53. The van der Waals surface area contributed by atoms with Crippen molar-refractivity contribution < 1.29 is 4.79 Å². The zero-order valence-corrected chi connectivity index (χ0v) is 11.2. The molecule has 1 fully saturated rings. The molecular formula is C15H22N2O. The number of nitrogens with one attached hydrogen (secondary N) is 1. The van der Waals surface area contributed by atoms with E-state index in [-0.39, 0.29) is 18.1 Å². The topological polar surface area (TPSA) is 32.3 Å². The number of benzene rings is 1. The van der Waals surface area contributed by atoms with Gasteiger partial charge in [-0.2, -0.15) is 0 Å². The molecule has 1 aliphatic rings. The first-order valence-electron chi connectivity index (χ1n) is 6.79. The molecule has 0 radical (unpaired) electrons. The van der Waals surface area contributed by atoms with Crippen LogP contribution in [-0.2, 0) is 11.2 Å². The van der Waals surface area contributed by atoms with E-state index in [1.165, 1.54) is 5.56 Å². The minimum Gasteiger partial charge on any atom is -0.329 e. The second-order valence-electron chi connectivity index (χ2n) is 5.00. The van der Waals surface area contributed by atoms with Crippen LogP contribution < -0.4 is 5.32 Å². The lowest BCUT2D eigenvalue weighted by Gasteiger charge is -2.17. The zero-order chi connectivity index (χ0) is 13.0. The van der Waals surface area contributed by atoms with Crippen molar-refractivity contribution in [2.75, 3.05) is 7.05 Å². The van der Waals surface area contributed by atoms with Gasteiger partial charge in [-0.3, -0.25) is 10.1 Å². The first-order chi connectivity index (χ1) is 8.72. The summed E-state index contributed by atoms with van der Waals surface area (Å²) in [5, 5.41) is 3.44. The molecule has 2 atom stereocenters. The van der Waals surface area contributed by atoms with E-state index < -0.39 is 0 Å². The van der Waals surface area contributed by atoms with Crippen LogP contribution in [0, 0.1) is 0 Å². The van der Waals surface area contributed by atoms with E-state index in [1.54, 1.807) is 0 Å². The van der Waals surface area contributed by atoms with Gasteiger partial charge in [0, 0.05) is 7.05 Å². The highest BCUT2D eigenvalue weighted by atomic mass is 16.2. The molecule has 2 unspecified atom stereocenters. The first-order valence-corrected chi connectivity index (χ1v) is 6.79. The van der Waals surface area contributed by atoms with Crippen LogP contribution in [-0.4, -0.2) is 30.1 Å². The summed E-state index contributed by atoms with van der Waals surface area (Å²) in [6, 6.07) is 10.3. The van der Waals surface area contributed by atoms with Crippen molar-refractivity contribution >= 4 is 5.91 Å². The van der Waals surface area contributed by atoms with Gasteiger partial charge in [-0.25, -0.2) is 0 Å². The smallest absolute Gasteiger partial charge is 0.240 e. The van der Waals surface area contributed by atoms with Gasteiger partial charge in [-0.15, -0.1) is 0 Å². The van der Waals surface area contributed by atoms with Crippen molar-refractivity contribution in [1.82, 2.24) is 10.2 Å². The Balaban J connectivity index is 1.89.